The van der Waals surface area contributed by atoms with E-state index in [1.807, 2.05) is 13.8 Å². The summed E-state index contributed by atoms with van der Waals surface area (Å²) in [6.45, 7) is 4.99. The SMILES string of the molecule is CC(C)NC(=O)c1cnc2c(-c3cccc(OC(C)F)c3)nn(-c3ncc(F)cn3)c2c1. The van der Waals surface area contributed by atoms with E-state index in [-0.39, 0.29) is 17.9 Å². The Balaban J connectivity index is 1.89. The molecule has 1 N–H and O–H groups in total. The van der Waals surface area contributed by atoms with Crippen LogP contribution in [0.5, 0.6) is 5.75 Å². The van der Waals surface area contributed by atoms with Crippen LogP contribution in [0, 0.1) is 5.82 Å². The summed E-state index contributed by atoms with van der Waals surface area (Å²) in [5, 5.41) is 7.38. The molecule has 1 aromatic carbocycles. The Kier molecular flexibility index (Phi) is 5.76. The summed E-state index contributed by atoms with van der Waals surface area (Å²) < 4.78 is 33.2. The number of alkyl halides is 1. The van der Waals surface area contributed by atoms with Gasteiger partial charge in [-0.05, 0) is 32.0 Å². The highest BCUT2D eigenvalue weighted by Crippen LogP contribution is 2.30. The lowest BCUT2D eigenvalue weighted by Gasteiger charge is -2.08. The van der Waals surface area contributed by atoms with E-state index in [0.717, 1.165) is 12.4 Å². The number of hydrogen-bond acceptors (Lipinski definition) is 6. The molecular formula is C22H20F2N6O2. The fraction of sp³-hybridized carbons (Fsp3) is 0.227. The normalized spacial score (nSPS) is 12.2. The van der Waals surface area contributed by atoms with Crippen LogP contribution in [0.4, 0.5) is 8.78 Å². The predicted molar refractivity (Wildman–Crippen MR) is 114 cm³/mol. The van der Waals surface area contributed by atoms with Gasteiger partial charge in [0.1, 0.15) is 17.0 Å². The zero-order valence-corrected chi connectivity index (χ0v) is 17.6. The first-order valence-electron chi connectivity index (χ1n) is 9.90. The Morgan fingerprint density at radius 2 is 1.84 bits per heavy atom. The average molecular weight is 438 g/mol. The van der Waals surface area contributed by atoms with Crippen molar-refractivity contribution in [1.29, 1.82) is 0 Å². The number of hydrogen-bond donors (Lipinski definition) is 1. The summed E-state index contributed by atoms with van der Waals surface area (Å²) in [6, 6.07) is 8.30. The van der Waals surface area contributed by atoms with Crippen molar-refractivity contribution in [1.82, 2.24) is 30.0 Å². The number of ether oxygens (including phenoxy) is 1. The molecule has 3 heterocycles. The molecule has 1 amide bonds. The molecular weight excluding hydrogens is 418 g/mol. The summed E-state index contributed by atoms with van der Waals surface area (Å²) in [7, 11) is 0. The second-order valence-corrected chi connectivity index (χ2v) is 7.37. The smallest absolute Gasteiger partial charge is 0.253 e. The lowest BCUT2D eigenvalue weighted by molar-refractivity contribution is 0.0860. The Hall–Kier alpha value is -3.95. The third-order valence-corrected chi connectivity index (χ3v) is 4.40. The Morgan fingerprint density at radius 3 is 2.53 bits per heavy atom. The van der Waals surface area contributed by atoms with Gasteiger partial charge in [-0.15, -0.1) is 0 Å². The van der Waals surface area contributed by atoms with Crippen LogP contribution in [0.25, 0.3) is 28.2 Å². The van der Waals surface area contributed by atoms with Gasteiger partial charge in [-0.1, -0.05) is 12.1 Å². The molecule has 0 aliphatic carbocycles. The van der Waals surface area contributed by atoms with Gasteiger partial charge in [-0.3, -0.25) is 9.78 Å². The van der Waals surface area contributed by atoms with Crippen molar-refractivity contribution in [2.45, 2.75) is 33.2 Å². The molecule has 3 aromatic heterocycles. The van der Waals surface area contributed by atoms with E-state index in [4.69, 9.17) is 4.74 Å². The van der Waals surface area contributed by atoms with Gasteiger partial charge >= 0.3 is 0 Å². The number of fused-ring (bicyclic) bond motifs is 1. The number of carbonyl (C=O) groups excluding carboxylic acids is 1. The highest BCUT2D eigenvalue weighted by atomic mass is 19.1. The minimum atomic E-state index is -1.48. The molecule has 1 atom stereocenters. The van der Waals surface area contributed by atoms with Gasteiger partial charge < -0.3 is 10.1 Å². The molecule has 8 nitrogen and oxygen atoms in total. The van der Waals surface area contributed by atoms with Gasteiger partial charge in [-0.2, -0.15) is 9.78 Å². The maximum Gasteiger partial charge on any atom is 0.253 e. The highest BCUT2D eigenvalue weighted by Gasteiger charge is 2.19. The standard InChI is InChI=1S/C22H20F2N6O2/c1-12(2)28-21(31)15-8-18-20(25-9-15)19(14-5-4-6-17(7-14)32-13(3)23)29-30(18)22-26-10-16(24)11-27-22/h4-13H,1-3H3,(H,28,31). The molecule has 1 unspecified atom stereocenters. The summed E-state index contributed by atoms with van der Waals surface area (Å²) in [5.74, 6) is -0.455. The van der Waals surface area contributed by atoms with Gasteiger partial charge in [0.15, 0.2) is 5.82 Å². The monoisotopic (exact) mass is 438 g/mol. The van der Waals surface area contributed by atoms with Crippen molar-refractivity contribution in [3.63, 3.8) is 0 Å². The Labute approximate surface area is 182 Å². The highest BCUT2D eigenvalue weighted by molar-refractivity contribution is 5.99. The average Bonchev–Trinajstić information content (AvgIpc) is 3.12. The van der Waals surface area contributed by atoms with Crippen LogP contribution in [0.1, 0.15) is 31.1 Å². The van der Waals surface area contributed by atoms with Crippen LogP contribution >= 0.6 is 0 Å². The fourth-order valence-corrected chi connectivity index (χ4v) is 3.13. The molecule has 32 heavy (non-hydrogen) atoms. The lowest BCUT2D eigenvalue weighted by Crippen LogP contribution is -2.30. The number of benzene rings is 1. The molecule has 164 valence electrons. The molecule has 0 bridgehead atoms. The van der Waals surface area contributed by atoms with Gasteiger partial charge in [0, 0.05) is 24.7 Å². The summed E-state index contributed by atoms with van der Waals surface area (Å²) >= 11 is 0. The Bertz CT molecular complexity index is 1270. The molecule has 0 aliphatic heterocycles. The second-order valence-electron chi connectivity index (χ2n) is 7.37. The topological polar surface area (TPSA) is 94.8 Å². The minimum absolute atomic E-state index is 0.0558. The van der Waals surface area contributed by atoms with E-state index < -0.39 is 12.2 Å². The van der Waals surface area contributed by atoms with E-state index in [2.05, 4.69) is 25.4 Å². The van der Waals surface area contributed by atoms with Crippen molar-refractivity contribution in [2.75, 3.05) is 0 Å². The third kappa shape index (κ3) is 4.39. The fourth-order valence-electron chi connectivity index (χ4n) is 3.13. The van der Waals surface area contributed by atoms with Gasteiger partial charge in [0.2, 0.25) is 6.36 Å². The van der Waals surface area contributed by atoms with E-state index in [1.54, 1.807) is 30.3 Å². The quantitative estimate of drug-likeness (QED) is 0.491. The largest absolute Gasteiger partial charge is 0.461 e. The van der Waals surface area contributed by atoms with Crippen molar-refractivity contribution < 1.29 is 18.3 Å². The first-order chi connectivity index (χ1) is 15.3. The van der Waals surface area contributed by atoms with Crippen molar-refractivity contribution in [3.05, 3.63) is 60.3 Å². The summed E-state index contributed by atoms with van der Waals surface area (Å²) in [5.41, 5.74) is 2.30. The van der Waals surface area contributed by atoms with Crippen molar-refractivity contribution in [2.24, 2.45) is 0 Å². The maximum absolute atomic E-state index is 13.4. The summed E-state index contributed by atoms with van der Waals surface area (Å²) in [4.78, 5) is 24.9. The molecule has 0 saturated carbocycles. The molecule has 0 spiro atoms. The van der Waals surface area contributed by atoms with Gasteiger partial charge in [-0.25, -0.2) is 18.7 Å². The predicted octanol–water partition coefficient (Wildman–Crippen LogP) is 3.85. The lowest BCUT2D eigenvalue weighted by atomic mass is 10.1. The van der Waals surface area contributed by atoms with Crippen molar-refractivity contribution in [3.8, 4) is 23.0 Å². The molecule has 0 aliphatic rings. The maximum atomic E-state index is 13.4. The third-order valence-electron chi connectivity index (χ3n) is 4.40. The van der Waals surface area contributed by atoms with Crippen LogP contribution < -0.4 is 10.1 Å². The molecule has 10 heteroatoms. The van der Waals surface area contributed by atoms with E-state index in [1.165, 1.54) is 17.8 Å². The van der Waals surface area contributed by atoms with Crippen LogP contribution in [-0.4, -0.2) is 43.0 Å². The number of halogens is 2. The van der Waals surface area contributed by atoms with Crippen LogP contribution in [0.15, 0.2) is 48.9 Å². The number of carbonyl (C=O) groups is 1. The van der Waals surface area contributed by atoms with Crippen LogP contribution in [-0.2, 0) is 0 Å². The van der Waals surface area contributed by atoms with E-state index in [0.29, 0.717) is 33.6 Å². The Morgan fingerprint density at radius 1 is 1.09 bits per heavy atom. The van der Waals surface area contributed by atoms with Gasteiger partial charge in [0.25, 0.3) is 11.9 Å². The number of aromatic nitrogens is 5. The first kappa shape index (κ1) is 21.3. The molecule has 0 saturated heterocycles. The summed E-state index contributed by atoms with van der Waals surface area (Å²) in [6.07, 6.45) is 2.02. The molecule has 0 radical (unpaired) electrons. The number of nitrogens with zero attached hydrogens (tertiary/aromatic N) is 5. The van der Waals surface area contributed by atoms with Crippen LogP contribution in [0.2, 0.25) is 0 Å². The first-order valence-corrected chi connectivity index (χ1v) is 9.90. The zero-order chi connectivity index (χ0) is 22.8. The zero-order valence-electron chi connectivity index (χ0n) is 17.6. The van der Waals surface area contributed by atoms with E-state index >= 15 is 0 Å². The molecule has 4 aromatic rings. The molecule has 0 fully saturated rings. The number of pyridine rings is 1. The van der Waals surface area contributed by atoms with Crippen molar-refractivity contribution >= 4 is 16.9 Å². The number of amides is 1. The second kappa shape index (κ2) is 8.66. The minimum Gasteiger partial charge on any atom is -0.461 e. The number of rotatable bonds is 6. The molecule has 4 rings (SSSR count). The number of nitrogens with one attached hydrogen (secondary N) is 1. The van der Waals surface area contributed by atoms with Gasteiger partial charge in [0.05, 0.1) is 23.5 Å². The van der Waals surface area contributed by atoms with Crippen LogP contribution in [0.3, 0.4) is 0 Å². The van der Waals surface area contributed by atoms with E-state index in [9.17, 15) is 13.6 Å².